The molecule has 3 rings (SSSR count). The lowest BCUT2D eigenvalue weighted by Crippen LogP contribution is -2.44. The number of hydrogen-bond donors (Lipinski definition) is 2. The van der Waals surface area contributed by atoms with Gasteiger partial charge in [-0.25, -0.2) is 9.18 Å². The Labute approximate surface area is 206 Å². The number of ether oxygens (including phenoxy) is 3. The second kappa shape index (κ2) is 11.9. The Bertz CT molecular complexity index is 816. The fraction of sp³-hybridized carbons (Fsp3) is 0.636. The predicted molar refractivity (Wildman–Crippen MR) is 131 cm³/mol. The fourth-order valence-electron chi connectivity index (χ4n) is 3.70. The SMILES string of the molecule is CCNC(=NCCc1cc(F)cc2c1OCOC2)N1CCC(NC(=O)OC(C)(C)C)C1.I. The van der Waals surface area contributed by atoms with Crippen LogP contribution >= 0.6 is 24.0 Å². The molecule has 0 radical (unpaired) electrons. The van der Waals surface area contributed by atoms with Gasteiger partial charge in [-0.2, -0.15) is 0 Å². The van der Waals surface area contributed by atoms with Gasteiger partial charge in [0.05, 0.1) is 12.6 Å². The van der Waals surface area contributed by atoms with Crippen molar-refractivity contribution >= 4 is 36.0 Å². The second-order valence-corrected chi connectivity index (χ2v) is 8.73. The summed E-state index contributed by atoms with van der Waals surface area (Å²) in [4.78, 5) is 18.9. The minimum atomic E-state index is -0.523. The average molecular weight is 564 g/mol. The molecule has 1 aromatic rings. The number of guanidine groups is 1. The van der Waals surface area contributed by atoms with Crippen molar-refractivity contribution in [3.63, 3.8) is 0 Å². The number of alkyl carbamates (subject to hydrolysis) is 1. The molecular formula is C22H34FIN4O4. The summed E-state index contributed by atoms with van der Waals surface area (Å²) >= 11 is 0. The summed E-state index contributed by atoms with van der Waals surface area (Å²) in [7, 11) is 0. The zero-order chi connectivity index (χ0) is 22.4. The van der Waals surface area contributed by atoms with Gasteiger partial charge in [-0.1, -0.05) is 0 Å². The van der Waals surface area contributed by atoms with Gasteiger partial charge in [0.15, 0.2) is 12.8 Å². The number of rotatable bonds is 5. The van der Waals surface area contributed by atoms with Gasteiger partial charge in [-0.15, -0.1) is 24.0 Å². The van der Waals surface area contributed by atoms with Gasteiger partial charge in [0, 0.05) is 31.7 Å². The van der Waals surface area contributed by atoms with Crippen molar-refractivity contribution in [1.29, 1.82) is 0 Å². The summed E-state index contributed by atoms with van der Waals surface area (Å²) in [6.45, 7) is 10.7. The molecule has 1 fully saturated rings. The van der Waals surface area contributed by atoms with Gasteiger partial charge in [0.2, 0.25) is 0 Å². The standard InChI is InChI=1S/C22H33FN4O4.HI/c1-5-24-20(27-9-7-18(12-27)26-21(28)31-22(2,3)4)25-8-6-15-10-17(23)11-16-13-29-14-30-19(15)16;/h10-11,18H,5-9,12-14H2,1-4H3,(H,24,25)(H,26,28);1H. The largest absolute Gasteiger partial charge is 0.467 e. The smallest absolute Gasteiger partial charge is 0.407 e. The summed E-state index contributed by atoms with van der Waals surface area (Å²) in [6, 6.07) is 2.96. The number of carbonyl (C=O) groups is 1. The first-order valence-electron chi connectivity index (χ1n) is 10.8. The van der Waals surface area contributed by atoms with Crippen LogP contribution in [0.25, 0.3) is 0 Å². The summed E-state index contributed by atoms with van der Waals surface area (Å²) in [5.41, 5.74) is 1.00. The minimum absolute atomic E-state index is 0. The van der Waals surface area contributed by atoms with E-state index in [0.717, 1.165) is 36.6 Å². The molecule has 1 saturated heterocycles. The van der Waals surface area contributed by atoms with Gasteiger partial charge in [-0.3, -0.25) is 4.99 Å². The lowest BCUT2D eigenvalue weighted by molar-refractivity contribution is -0.0172. The van der Waals surface area contributed by atoms with E-state index >= 15 is 0 Å². The van der Waals surface area contributed by atoms with Gasteiger partial charge >= 0.3 is 6.09 Å². The second-order valence-electron chi connectivity index (χ2n) is 8.73. The van der Waals surface area contributed by atoms with Crippen LogP contribution in [0.15, 0.2) is 17.1 Å². The molecule has 0 spiro atoms. The number of nitrogens with zero attached hydrogens (tertiary/aromatic N) is 2. The van der Waals surface area contributed by atoms with Crippen LogP contribution in [0.1, 0.15) is 45.2 Å². The van der Waals surface area contributed by atoms with Crippen LogP contribution in [-0.2, 0) is 22.5 Å². The number of likely N-dealkylation sites (tertiary alicyclic amines) is 1. The molecule has 180 valence electrons. The molecule has 0 saturated carbocycles. The predicted octanol–water partition coefficient (Wildman–Crippen LogP) is 3.42. The number of fused-ring (bicyclic) bond motifs is 1. The van der Waals surface area contributed by atoms with E-state index in [1.807, 2.05) is 27.7 Å². The third kappa shape index (κ3) is 7.65. The van der Waals surface area contributed by atoms with Crippen molar-refractivity contribution in [1.82, 2.24) is 15.5 Å². The maximum Gasteiger partial charge on any atom is 0.407 e. The van der Waals surface area contributed by atoms with Crippen LogP contribution in [0.5, 0.6) is 5.75 Å². The number of nitrogens with one attached hydrogen (secondary N) is 2. The van der Waals surface area contributed by atoms with E-state index in [2.05, 4.69) is 15.5 Å². The molecule has 32 heavy (non-hydrogen) atoms. The number of carbonyl (C=O) groups excluding carboxylic acids is 1. The number of halogens is 2. The van der Waals surface area contributed by atoms with E-state index in [0.29, 0.717) is 31.9 Å². The Morgan fingerprint density at radius 3 is 2.88 bits per heavy atom. The highest BCUT2D eigenvalue weighted by Gasteiger charge is 2.28. The van der Waals surface area contributed by atoms with Gasteiger partial charge in [-0.05, 0) is 58.2 Å². The van der Waals surface area contributed by atoms with E-state index in [-0.39, 0.29) is 42.6 Å². The molecular weight excluding hydrogens is 530 g/mol. The van der Waals surface area contributed by atoms with Crippen molar-refractivity contribution in [3.8, 4) is 5.75 Å². The fourth-order valence-corrected chi connectivity index (χ4v) is 3.70. The van der Waals surface area contributed by atoms with Crippen molar-refractivity contribution in [2.75, 3.05) is 33.0 Å². The maximum absolute atomic E-state index is 13.9. The first kappa shape index (κ1) is 26.4. The normalized spacial score (nSPS) is 18.3. The highest BCUT2D eigenvalue weighted by Crippen LogP contribution is 2.29. The Balaban J connectivity index is 0.00000363. The minimum Gasteiger partial charge on any atom is -0.467 e. The van der Waals surface area contributed by atoms with Crippen LogP contribution < -0.4 is 15.4 Å². The number of amides is 1. The monoisotopic (exact) mass is 564 g/mol. The molecule has 8 nitrogen and oxygen atoms in total. The molecule has 10 heteroatoms. The van der Waals surface area contributed by atoms with Crippen LogP contribution in [-0.4, -0.2) is 61.6 Å². The third-order valence-electron chi connectivity index (χ3n) is 4.94. The summed E-state index contributed by atoms with van der Waals surface area (Å²) in [6.07, 6.45) is 0.971. The summed E-state index contributed by atoms with van der Waals surface area (Å²) in [5.74, 6) is 1.19. The number of aliphatic imine (C=N–C) groups is 1. The van der Waals surface area contributed by atoms with Crippen LogP contribution in [0.4, 0.5) is 9.18 Å². The Hall–Kier alpha value is -1.82. The Morgan fingerprint density at radius 2 is 2.16 bits per heavy atom. The quantitative estimate of drug-likeness (QED) is 0.324. The van der Waals surface area contributed by atoms with E-state index in [4.69, 9.17) is 19.2 Å². The summed E-state index contributed by atoms with van der Waals surface area (Å²) in [5, 5.41) is 6.23. The van der Waals surface area contributed by atoms with Gasteiger partial charge < -0.3 is 29.7 Å². The highest BCUT2D eigenvalue weighted by molar-refractivity contribution is 14.0. The van der Waals surface area contributed by atoms with E-state index in [9.17, 15) is 9.18 Å². The molecule has 2 aliphatic heterocycles. The van der Waals surface area contributed by atoms with Crippen molar-refractivity contribution in [2.24, 2.45) is 4.99 Å². The Kier molecular flexibility index (Phi) is 9.81. The molecule has 2 N–H and O–H groups in total. The summed E-state index contributed by atoms with van der Waals surface area (Å²) < 4.78 is 30.1. The molecule has 2 aliphatic rings. The van der Waals surface area contributed by atoms with Crippen molar-refractivity contribution in [2.45, 2.75) is 58.8 Å². The molecule has 0 aromatic heterocycles. The maximum atomic E-state index is 13.9. The van der Waals surface area contributed by atoms with Crippen LogP contribution in [0, 0.1) is 5.82 Å². The molecule has 1 amide bonds. The topological polar surface area (TPSA) is 84.4 Å². The molecule has 2 heterocycles. The molecule has 1 atom stereocenters. The zero-order valence-electron chi connectivity index (χ0n) is 19.2. The number of hydrogen-bond acceptors (Lipinski definition) is 5. The lowest BCUT2D eigenvalue weighted by Gasteiger charge is -2.23. The van der Waals surface area contributed by atoms with E-state index in [1.54, 1.807) is 0 Å². The van der Waals surface area contributed by atoms with E-state index in [1.165, 1.54) is 12.1 Å². The van der Waals surface area contributed by atoms with Crippen molar-refractivity contribution in [3.05, 3.63) is 29.1 Å². The van der Waals surface area contributed by atoms with E-state index < -0.39 is 11.7 Å². The lowest BCUT2D eigenvalue weighted by atomic mass is 10.1. The van der Waals surface area contributed by atoms with Crippen molar-refractivity contribution < 1.29 is 23.4 Å². The van der Waals surface area contributed by atoms with Gasteiger partial charge in [0.1, 0.15) is 17.2 Å². The molecule has 0 aliphatic carbocycles. The van der Waals surface area contributed by atoms with Gasteiger partial charge in [0.25, 0.3) is 0 Å². The first-order chi connectivity index (χ1) is 14.7. The Morgan fingerprint density at radius 1 is 1.38 bits per heavy atom. The average Bonchev–Trinajstić information content (AvgIpc) is 3.13. The number of benzene rings is 1. The molecule has 1 aromatic carbocycles. The van der Waals surface area contributed by atoms with Crippen LogP contribution in [0.3, 0.4) is 0 Å². The first-order valence-corrected chi connectivity index (χ1v) is 10.8. The molecule has 0 bridgehead atoms. The third-order valence-corrected chi connectivity index (χ3v) is 4.94. The van der Waals surface area contributed by atoms with Crippen LogP contribution in [0.2, 0.25) is 0 Å². The highest BCUT2D eigenvalue weighted by atomic mass is 127. The zero-order valence-corrected chi connectivity index (χ0v) is 21.5. The molecule has 1 unspecified atom stereocenters.